The zero-order chi connectivity index (χ0) is 15.1. The number of hydrogen-bond donors (Lipinski definition) is 0. The molecule has 1 aliphatic carbocycles. The Kier molecular flexibility index (Phi) is 3.62. The van der Waals surface area contributed by atoms with E-state index >= 15 is 0 Å². The van der Waals surface area contributed by atoms with Gasteiger partial charge in [-0.3, -0.25) is 9.47 Å². The Morgan fingerprint density at radius 2 is 2.18 bits per heavy atom. The number of nitrogens with zero attached hydrogens (tertiary/aromatic N) is 5. The Balaban J connectivity index is 1.47. The molecule has 1 aliphatic heterocycles. The number of aromatic nitrogens is 4. The second-order valence-corrected chi connectivity index (χ2v) is 7.30. The number of rotatable bonds is 4. The van der Waals surface area contributed by atoms with Gasteiger partial charge in [-0.15, -0.1) is 11.3 Å². The zero-order valence-corrected chi connectivity index (χ0v) is 13.7. The van der Waals surface area contributed by atoms with Crippen molar-refractivity contribution in [3.8, 4) is 0 Å². The molecule has 7 heteroatoms. The Labute approximate surface area is 133 Å². The lowest BCUT2D eigenvalue weighted by molar-refractivity contribution is 0.271. The average molecular weight is 319 g/mol. The van der Waals surface area contributed by atoms with Gasteiger partial charge in [0, 0.05) is 44.0 Å². The van der Waals surface area contributed by atoms with E-state index in [1.54, 1.807) is 16.0 Å². The molecule has 118 valence electrons. The highest BCUT2D eigenvalue weighted by atomic mass is 32.1. The Bertz CT molecular complexity index is 727. The lowest BCUT2D eigenvalue weighted by Crippen LogP contribution is -2.30. The van der Waals surface area contributed by atoms with Crippen LogP contribution in [0.4, 0.5) is 0 Å². The summed E-state index contributed by atoms with van der Waals surface area (Å²) in [5.41, 5.74) is 3.11. The van der Waals surface area contributed by atoms with Gasteiger partial charge in [0.05, 0.1) is 11.2 Å². The fraction of sp³-hybridized carbons (Fsp3) is 0.667. The van der Waals surface area contributed by atoms with E-state index in [2.05, 4.69) is 21.9 Å². The molecule has 0 aromatic carbocycles. The predicted octanol–water partition coefficient (Wildman–Crippen LogP) is 1.28. The van der Waals surface area contributed by atoms with Gasteiger partial charge in [0.25, 0.3) is 0 Å². The highest BCUT2D eigenvalue weighted by Gasteiger charge is 2.26. The third-order valence-corrected chi connectivity index (χ3v) is 5.55. The predicted molar refractivity (Wildman–Crippen MR) is 85.0 cm³/mol. The van der Waals surface area contributed by atoms with Crippen LogP contribution in [0, 0.1) is 12.8 Å². The summed E-state index contributed by atoms with van der Waals surface area (Å²) < 4.78 is 3.57. The molecule has 22 heavy (non-hydrogen) atoms. The van der Waals surface area contributed by atoms with Gasteiger partial charge in [0.15, 0.2) is 0 Å². The third-order valence-electron chi connectivity index (χ3n) is 4.63. The maximum atomic E-state index is 12.4. The molecule has 2 aromatic heterocycles. The van der Waals surface area contributed by atoms with Crippen molar-refractivity contribution in [2.45, 2.75) is 45.8 Å². The van der Waals surface area contributed by atoms with Crippen LogP contribution in [0.5, 0.6) is 0 Å². The molecule has 1 saturated carbocycles. The van der Waals surface area contributed by atoms with E-state index in [1.807, 2.05) is 10.1 Å². The van der Waals surface area contributed by atoms with Gasteiger partial charge in [-0.05, 0) is 25.7 Å². The fourth-order valence-electron chi connectivity index (χ4n) is 3.01. The topological polar surface area (TPSA) is 56.0 Å². The monoisotopic (exact) mass is 319 g/mol. The normalized spacial score (nSPS) is 19.1. The van der Waals surface area contributed by atoms with Crippen LogP contribution in [0.1, 0.15) is 29.2 Å². The van der Waals surface area contributed by atoms with Crippen LogP contribution in [-0.2, 0) is 26.1 Å². The SMILES string of the molecule is Cc1ncsc1CN1CCc2nn(CC3CC3)c(=O)n2CC1. The van der Waals surface area contributed by atoms with E-state index in [0.717, 1.165) is 50.7 Å². The van der Waals surface area contributed by atoms with Crippen molar-refractivity contribution in [2.75, 3.05) is 13.1 Å². The van der Waals surface area contributed by atoms with E-state index in [-0.39, 0.29) is 5.69 Å². The quantitative estimate of drug-likeness (QED) is 0.852. The van der Waals surface area contributed by atoms with Crippen LogP contribution in [0.3, 0.4) is 0 Å². The van der Waals surface area contributed by atoms with Crippen molar-refractivity contribution in [1.29, 1.82) is 0 Å². The Morgan fingerprint density at radius 3 is 2.91 bits per heavy atom. The number of fused-ring (bicyclic) bond motifs is 1. The van der Waals surface area contributed by atoms with Crippen molar-refractivity contribution in [2.24, 2.45) is 5.92 Å². The smallest absolute Gasteiger partial charge is 0.296 e. The second-order valence-electron chi connectivity index (χ2n) is 6.36. The fourth-order valence-corrected chi connectivity index (χ4v) is 3.83. The summed E-state index contributed by atoms with van der Waals surface area (Å²) in [6, 6.07) is 0. The van der Waals surface area contributed by atoms with Crippen LogP contribution >= 0.6 is 11.3 Å². The van der Waals surface area contributed by atoms with Gasteiger partial charge < -0.3 is 0 Å². The molecule has 6 nitrogen and oxygen atoms in total. The first kappa shape index (κ1) is 14.1. The van der Waals surface area contributed by atoms with Crippen LogP contribution < -0.4 is 5.69 Å². The Hall–Kier alpha value is -1.47. The molecule has 0 atom stereocenters. The molecule has 0 saturated heterocycles. The van der Waals surface area contributed by atoms with Gasteiger partial charge in [0.2, 0.25) is 0 Å². The lowest BCUT2D eigenvalue weighted by atomic mass is 10.3. The summed E-state index contributed by atoms with van der Waals surface area (Å²) >= 11 is 1.71. The minimum atomic E-state index is 0.0812. The molecule has 1 fully saturated rings. The molecule has 0 radical (unpaired) electrons. The van der Waals surface area contributed by atoms with Crippen molar-refractivity contribution in [3.63, 3.8) is 0 Å². The first-order chi connectivity index (χ1) is 10.7. The summed E-state index contributed by atoms with van der Waals surface area (Å²) in [7, 11) is 0. The van der Waals surface area contributed by atoms with Crippen molar-refractivity contribution < 1.29 is 0 Å². The maximum Gasteiger partial charge on any atom is 0.345 e. The molecular weight excluding hydrogens is 298 g/mol. The van der Waals surface area contributed by atoms with Gasteiger partial charge in [0.1, 0.15) is 5.82 Å². The van der Waals surface area contributed by atoms with Gasteiger partial charge in [-0.1, -0.05) is 0 Å². The largest absolute Gasteiger partial charge is 0.345 e. The summed E-state index contributed by atoms with van der Waals surface area (Å²) in [6.45, 7) is 6.40. The number of thiazole rings is 1. The van der Waals surface area contributed by atoms with Crippen molar-refractivity contribution in [1.82, 2.24) is 24.2 Å². The average Bonchev–Trinajstić information content (AvgIpc) is 3.20. The van der Waals surface area contributed by atoms with E-state index < -0.39 is 0 Å². The molecule has 3 heterocycles. The molecule has 0 unspecified atom stereocenters. The van der Waals surface area contributed by atoms with E-state index in [1.165, 1.54) is 17.7 Å². The lowest BCUT2D eigenvalue weighted by Gasteiger charge is -2.18. The molecule has 0 amide bonds. The molecule has 0 spiro atoms. The zero-order valence-electron chi connectivity index (χ0n) is 12.9. The Morgan fingerprint density at radius 1 is 1.32 bits per heavy atom. The van der Waals surface area contributed by atoms with Crippen molar-refractivity contribution in [3.05, 3.63) is 32.4 Å². The third kappa shape index (κ3) is 2.75. The summed E-state index contributed by atoms with van der Waals surface area (Å²) in [6.07, 6.45) is 3.35. The first-order valence-corrected chi connectivity index (χ1v) is 8.86. The van der Waals surface area contributed by atoms with Gasteiger partial charge in [-0.25, -0.2) is 14.5 Å². The molecular formula is C15H21N5OS. The first-order valence-electron chi connectivity index (χ1n) is 7.98. The van der Waals surface area contributed by atoms with Crippen LogP contribution in [0.15, 0.2) is 10.3 Å². The van der Waals surface area contributed by atoms with E-state index in [4.69, 9.17) is 0 Å². The molecule has 4 rings (SSSR count). The molecule has 0 bridgehead atoms. The number of aryl methyl sites for hydroxylation is 1. The highest BCUT2D eigenvalue weighted by Crippen LogP contribution is 2.29. The van der Waals surface area contributed by atoms with Gasteiger partial charge in [-0.2, -0.15) is 5.10 Å². The van der Waals surface area contributed by atoms with E-state index in [9.17, 15) is 4.79 Å². The summed E-state index contributed by atoms with van der Waals surface area (Å²) in [5, 5.41) is 4.57. The highest BCUT2D eigenvalue weighted by molar-refractivity contribution is 7.09. The van der Waals surface area contributed by atoms with Gasteiger partial charge >= 0.3 is 5.69 Å². The van der Waals surface area contributed by atoms with Crippen LogP contribution in [-0.4, -0.2) is 37.3 Å². The standard InChI is InChI=1S/C15H21N5OS/c1-11-13(22-10-16-11)9-18-5-4-14-17-20(8-12-2-3-12)15(21)19(14)7-6-18/h10,12H,2-9H2,1H3. The van der Waals surface area contributed by atoms with Crippen LogP contribution in [0.2, 0.25) is 0 Å². The van der Waals surface area contributed by atoms with Crippen molar-refractivity contribution >= 4 is 11.3 Å². The molecule has 2 aliphatic rings. The van der Waals surface area contributed by atoms with E-state index in [0.29, 0.717) is 5.92 Å². The molecule has 0 N–H and O–H groups in total. The van der Waals surface area contributed by atoms with Crippen LogP contribution in [0.25, 0.3) is 0 Å². The number of hydrogen-bond acceptors (Lipinski definition) is 5. The summed E-state index contributed by atoms with van der Waals surface area (Å²) in [5.74, 6) is 1.64. The minimum Gasteiger partial charge on any atom is -0.296 e. The minimum absolute atomic E-state index is 0.0812. The maximum absolute atomic E-state index is 12.4. The molecule has 2 aromatic rings. The second kappa shape index (κ2) is 5.62. The summed E-state index contributed by atoms with van der Waals surface area (Å²) in [4.78, 5) is 20.5.